The number of aryl methyl sites for hydroxylation is 3. The molecule has 7 nitrogen and oxygen atoms in total. The van der Waals surface area contributed by atoms with Crippen molar-refractivity contribution in [3.05, 3.63) is 53.3 Å². The van der Waals surface area contributed by atoms with E-state index >= 15 is 0 Å². The molecule has 0 atom stereocenters. The number of hydrogen-bond donors (Lipinski definition) is 1. The number of aromatic nitrogens is 1. The molecule has 1 saturated carbocycles. The number of urea groups is 1. The van der Waals surface area contributed by atoms with E-state index in [2.05, 4.69) is 5.32 Å². The van der Waals surface area contributed by atoms with Crippen LogP contribution in [0, 0.1) is 13.8 Å². The topological polar surface area (TPSA) is 66.8 Å². The summed E-state index contributed by atoms with van der Waals surface area (Å²) >= 11 is 0. The zero-order chi connectivity index (χ0) is 22.4. The molecule has 3 amide bonds. The lowest BCUT2D eigenvalue weighted by atomic mass is 10.1. The quantitative estimate of drug-likeness (QED) is 0.589. The van der Waals surface area contributed by atoms with Crippen LogP contribution < -0.4 is 5.32 Å². The number of carbonyl (C=O) groups excluding carboxylic acids is 2. The minimum atomic E-state index is -0.262. The zero-order valence-corrected chi connectivity index (χ0v) is 19.1. The van der Waals surface area contributed by atoms with Crippen molar-refractivity contribution in [2.75, 3.05) is 32.1 Å². The summed E-state index contributed by atoms with van der Waals surface area (Å²) in [5.41, 5.74) is 4.11. The summed E-state index contributed by atoms with van der Waals surface area (Å²) < 4.78 is 7.18. The van der Waals surface area contributed by atoms with Gasteiger partial charge in [0, 0.05) is 50.9 Å². The first-order valence-corrected chi connectivity index (χ1v) is 10.9. The summed E-state index contributed by atoms with van der Waals surface area (Å²) in [5, 5.41) is 2.95. The molecule has 31 heavy (non-hydrogen) atoms. The standard InChI is InChI=1S/C24H34N4O3/c1-18-8-9-20(15-19(18)2)25-24(30)27(13-6-14-31-4)17-23(29)28(21-10-11-21)16-22-7-5-12-26(22)3/h5,7-9,12,15,21H,6,10-11,13-14,16-17H2,1-4H3,(H,25,30). The van der Waals surface area contributed by atoms with Crippen molar-refractivity contribution in [2.24, 2.45) is 7.05 Å². The normalized spacial score (nSPS) is 13.2. The average Bonchev–Trinajstić information content (AvgIpc) is 3.50. The Bertz CT molecular complexity index is 904. The number of ether oxygens (including phenoxy) is 1. The number of nitrogens with zero attached hydrogens (tertiary/aromatic N) is 3. The molecule has 1 aromatic heterocycles. The van der Waals surface area contributed by atoms with Gasteiger partial charge in [-0.1, -0.05) is 6.07 Å². The van der Waals surface area contributed by atoms with E-state index in [1.807, 2.05) is 66.9 Å². The molecule has 1 aliphatic rings. The van der Waals surface area contributed by atoms with E-state index in [4.69, 9.17) is 4.74 Å². The highest BCUT2D eigenvalue weighted by Crippen LogP contribution is 2.28. The number of rotatable bonds is 10. The van der Waals surface area contributed by atoms with Gasteiger partial charge >= 0.3 is 6.03 Å². The van der Waals surface area contributed by atoms with Crippen molar-refractivity contribution in [2.45, 2.75) is 45.7 Å². The van der Waals surface area contributed by atoms with Crippen molar-refractivity contribution >= 4 is 17.6 Å². The van der Waals surface area contributed by atoms with E-state index in [0.717, 1.165) is 29.8 Å². The first-order chi connectivity index (χ1) is 14.9. The molecule has 0 bridgehead atoms. The Morgan fingerprint density at radius 2 is 1.97 bits per heavy atom. The van der Waals surface area contributed by atoms with Crippen LogP contribution in [0.4, 0.5) is 10.5 Å². The highest BCUT2D eigenvalue weighted by Gasteiger charge is 2.34. The Labute approximate surface area is 185 Å². The molecule has 1 heterocycles. The SMILES string of the molecule is COCCCN(CC(=O)N(Cc1cccn1C)C1CC1)C(=O)Nc1ccc(C)c(C)c1. The number of hydrogen-bond acceptors (Lipinski definition) is 3. The van der Waals surface area contributed by atoms with Crippen LogP contribution in [0.1, 0.15) is 36.1 Å². The van der Waals surface area contributed by atoms with Crippen molar-refractivity contribution < 1.29 is 14.3 Å². The summed E-state index contributed by atoms with van der Waals surface area (Å²) in [6.07, 6.45) is 4.70. The van der Waals surface area contributed by atoms with Crippen LogP contribution in [-0.4, -0.2) is 59.2 Å². The molecule has 0 saturated heterocycles. The summed E-state index contributed by atoms with van der Waals surface area (Å²) in [5.74, 6) is -0.0173. The van der Waals surface area contributed by atoms with Crippen LogP contribution in [0.15, 0.2) is 36.5 Å². The lowest BCUT2D eigenvalue weighted by molar-refractivity contribution is -0.133. The zero-order valence-electron chi connectivity index (χ0n) is 19.1. The highest BCUT2D eigenvalue weighted by atomic mass is 16.5. The van der Waals surface area contributed by atoms with Crippen molar-refractivity contribution in [1.82, 2.24) is 14.4 Å². The largest absolute Gasteiger partial charge is 0.385 e. The molecule has 2 aromatic rings. The van der Waals surface area contributed by atoms with Gasteiger partial charge in [-0.2, -0.15) is 0 Å². The van der Waals surface area contributed by atoms with E-state index in [-0.39, 0.29) is 24.5 Å². The van der Waals surface area contributed by atoms with Gasteiger partial charge < -0.3 is 24.4 Å². The summed E-state index contributed by atoms with van der Waals surface area (Å²) in [6.45, 7) is 5.67. The number of carbonyl (C=O) groups is 2. The van der Waals surface area contributed by atoms with E-state index in [1.165, 1.54) is 5.56 Å². The van der Waals surface area contributed by atoms with Gasteiger partial charge in [-0.25, -0.2) is 4.79 Å². The maximum Gasteiger partial charge on any atom is 0.322 e. The molecule has 7 heteroatoms. The molecule has 3 rings (SSSR count). The fourth-order valence-corrected chi connectivity index (χ4v) is 3.57. The minimum absolute atomic E-state index is 0.0173. The predicted octanol–water partition coefficient (Wildman–Crippen LogP) is 3.70. The Morgan fingerprint density at radius 3 is 2.58 bits per heavy atom. The molecule has 1 N–H and O–H groups in total. The molecular weight excluding hydrogens is 392 g/mol. The Hall–Kier alpha value is -2.80. The predicted molar refractivity (Wildman–Crippen MR) is 122 cm³/mol. The maximum atomic E-state index is 13.2. The van der Waals surface area contributed by atoms with Gasteiger partial charge in [0.2, 0.25) is 5.91 Å². The first-order valence-electron chi connectivity index (χ1n) is 10.9. The smallest absolute Gasteiger partial charge is 0.322 e. The molecular formula is C24H34N4O3. The van der Waals surface area contributed by atoms with E-state index in [0.29, 0.717) is 26.1 Å². The van der Waals surface area contributed by atoms with Gasteiger partial charge in [-0.3, -0.25) is 4.79 Å². The minimum Gasteiger partial charge on any atom is -0.385 e. The summed E-state index contributed by atoms with van der Waals surface area (Å²) in [7, 11) is 3.62. The fourth-order valence-electron chi connectivity index (χ4n) is 3.57. The third kappa shape index (κ3) is 6.34. The van der Waals surface area contributed by atoms with Crippen LogP contribution in [-0.2, 0) is 23.1 Å². The molecule has 0 unspecified atom stereocenters. The molecule has 168 valence electrons. The molecule has 0 spiro atoms. The summed E-state index contributed by atoms with van der Waals surface area (Å²) in [6, 6.07) is 9.85. The van der Waals surface area contributed by atoms with Gasteiger partial charge in [0.05, 0.1) is 6.54 Å². The van der Waals surface area contributed by atoms with Crippen LogP contribution in [0.5, 0.6) is 0 Å². The first kappa shape index (κ1) is 22.9. The fraction of sp³-hybridized carbons (Fsp3) is 0.500. The average molecular weight is 427 g/mol. The number of amides is 3. The summed E-state index contributed by atoms with van der Waals surface area (Å²) in [4.78, 5) is 29.8. The number of benzene rings is 1. The second kappa shape index (κ2) is 10.5. The Morgan fingerprint density at radius 1 is 1.19 bits per heavy atom. The van der Waals surface area contributed by atoms with Crippen LogP contribution in [0.3, 0.4) is 0 Å². The molecule has 1 aliphatic carbocycles. The molecule has 1 aromatic carbocycles. The van der Waals surface area contributed by atoms with E-state index < -0.39 is 0 Å². The molecule has 0 aliphatic heterocycles. The Kier molecular flexibility index (Phi) is 7.74. The van der Waals surface area contributed by atoms with Crippen LogP contribution in [0.25, 0.3) is 0 Å². The van der Waals surface area contributed by atoms with Gasteiger partial charge in [0.15, 0.2) is 0 Å². The van der Waals surface area contributed by atoms with E-state index in [1.54, 1.807) is 12.0 Å². The van der Waals surface area contributed by atoms with E-state index in [9.17, 15) is 9.59 Å². The number of anilines is 1. The van der Waals surface area contributed by atoms with Gasteiger partial charge in [0.1, 0.15) is 6.54 Å². The lowest BCUT2D eigenvalue weighted by Crippen LogP contribution is -2.45. The third-order valence-electron chi connectivity index (χ3n) is 5.84. The number of nitrogens with one attached hydrogen (secondary N) is 1. The number of methoxy groups -OCH3 is 1. The van der Waals surface area contributed by atoms with Gasteiger partial charge in [0.25, 0.3) is 0 Å². The van der Waals surface area contributed by atoms with Crippen LogP contribution >= 0.6 is 0 Å². The second-order valence-electron chi connectivity index (χ2n) is 8.36. The van der Waals surface area contributed by atoms with Crippen molar-refractivity contribution in [3.63, 3.8) is 0 Å². The lowest BCUT2D eigenvalue weighted by Gasteiger charge is -2.28. The van der Waals surface area contributed by atoms with Crippen LogP contribution in [0.2, 0.25) is 0 Å². The van der Waals surface area contributed by atoms with Gasteiger partial charge in [-0.05, 0) is 68.5 Å². The third-order valence-corrected chi connectivity index (χ3v) is 5.84. The van der Waals surface area contributed by atoms with Gasteiger partial charge in [-0.15, -0.1) is 0 Å². The van der Waals surface area contributed by atoms with Crippen molar-refractivity contribution in [3.8, 4) is 0 Å². The maximum absolute atomic E-state index is 13.2. The monoisotopic (exact) mass is 426 g/mol. The van der Waals surface area contributed by atoms with Crippen molar-refractivity contribution in [1.29, 1.82) is 0 Å². The Balaban J connectivity index is 1.69. The highest BCUT2D eigenvalue weighted by molar-refractivity contribution is 5.92. The second-order valence-corrected chi connectivity index (χ2v) is 8.36. The molecule has 0 radical (unpaired) electrons. The molecule has 1 fully saturated rings.